The first-order chi connectivity index (χ1) is 12.6. The topological polar surface area (TPSA) is 77.2 Å². The lowest BCUT2D eigenvalue weighted by atomic mass is 10.1. The van der Waals surface area contributed by atoms with E-state index in [1.54, 1.807) is 7.11 Å². The second kappa shape index (κ2) is 8.53. The van der Waals surface area contributed by atoms with Crippen molar-refractivity contribution in [3.8, 4) is 5.75 Å². The van der Waals surface area contributed by atoms with Crippen molar-refractivity contribution in [1.82, 2.24) is 10.2 Å². The summed E-state index contributed by atoms with van der Waals surface area (Å²) in [6.07, 6.45) is 0.535. The number of carbonyl (C=O) groups is 1. The molecule has 0 bridgehead atoms. The monoisotopic (exact) mass is 369 g/mol. The van der Waals surface area contributed by atoms with Gasteiger partial charge in [-0.2, -0.15) is 0 Å². The summed E-state index contributed by atoms with van der Waals surface area (Å²) in [4.78, 5) is 12.0. The molecule has 0 unspecified atom stereocenters. The molecule has 26 heavy (non-hydrogen) atoms. The zero-order valence-corrected chi connectivity index (χ0v) is 15.4. The summed E-state index contributed by atoms with van der Waals surface area (Å²) in [5.74, 6) is 1.40. The lowest BCUT2D eigenvalue weighted by Crippen LogP contribution is -2.13. The van der Waals surface area contributed by atoms with Crippen LogP contribution >= 0.6 is 11.8 Å². The lowest BCUT2D eigenvalue weighted by Gasteiger charge is -2.04. The first kappa shape index (κ1) is 18.0. The van der Waals surface area contributed by atoms with Crippen LogP contribution in [0.25, 0.3) is 0 Å². The Morgan fingerprint density at radius 2 is 1.85 bits per heavy atom. The molecular formula is C19H19N3O3S. The molecule has 0 saturated heterocycles. The molecule has 3 aromatic rings. The average Bonchev–Trinajstić information content (AvgIpc) is 3.10. The van der Waals surface area contributed by atoms with E-state index in [9.17, 15) is 4.79 Å². The molecule has 0 saturated carbocycles. The van der Waals surface area contributed by atoms with Crippen molar-refractivity contribution < 1.29 is 13.9 Å². The molecule has 3 rings (SSSR count). The number of benzene rings is 2. The van der Waals surface area contributed by atoms with E-state index >= 15 is 0 Å². The largest absolute Gasteiger partial charge is 0.497 e. The summed E-state index contributed by atoms with van der Waals surface area (Å²) in [5.41, 5.74) is 2.96. The average molecular weight is 369 g/mol. The fourth-order valence-electron chi connectivity index (χ4n) is 2.25. The van der Waals surface area contributed by atoms with Crippen molar-refractivity contribution in [2.45, 2.75) is 18.6 Å². The number of thioether (sulfide) groups is 1. The highest BCUT2D eigenvalue weighted by Gasteiger charge is 2.10. The van der Waals surface area contributed by atoms with Gasteiger partial charge in [-0.15, -0.1) is 10.2 Å². The summed E-state index contributed by atoms with van der Waals surface area (Å²) < 4.78 is 10.7. The first-order valence-corrected chi connectivity index (χ1v) is 9.05. The number of carbonyl (C=O) groups excluding carboxylic acids is 1. The minimum absolute atomic E-state index is 0.117. The Morgan fingerprint density at radius 1 is 1.12 bits per heavy atom. The highest BCUT2D eigenvalue weighted by molar-refractivity contribution is 7.99. The highest BCUT2D eigenvalue weighted by Crippen LogP contribution is 2.19. The quantitative estimate of drug-likeness (QED) is 0.640. The number of amides is 1. The van der Waals surface area contributed by atoms with Crippen LogP contribution < -0.4 is 10.1 Å². The van der Waals surface area contributed by atoms with Crippen LogP contribution in [0.15, 0.2) is 58.2 Å². The molecule has 1 N–H and O–H groups in total. The third-order valence-corrected chi connectivity index (χ3v) is 4.44. The van der Waals surface area contributed by atoms with Crippen LogP contribution in [-0.4, -0.2) is 29.0 Å². The highest BCUT2D eigenvalue weighted by atomic mass is 32.2. The molecule has 1 amide bonds. The molecule has 134 valence electrons. The van der Waals surface area contributed by atoms with Crippen molar-refractivity contribution in [3.05, 3.63) is 65.5 Å². The van der Waals surface area contributed by atoms with Gasteiger partial charge in [0, 0.05) is 5.69 Å². The Bertz CT molecular complexity index is 860. The molecule has 6 nitrogen and oxygen atoms in total. The number of methoxy groups -OCH3 is 1. The van der Waals surface area contributed by atoms with E-state index in [1.807, 2.05) is 55.5 Å². The molecule has 0 spiro atoms. The predicted octanol–water partition coefficient (Wildman–Crippen LogP) is 3.71. The molecule has 0 fully saturated rings. The van der Waals surface area contributed by atoms with Gasteiger partial charge in [0.25, 0.3) is 5.22 Å². The summed E-state index contributed by atoms with van der Waals surface area (Å²) in [6.45, 7) is 2.00. The Hall–Kier alpha value is -2.80. The fraction of sp³-hybridized carbons (Fsp3) is 0.211. The van der Waals surface area contributed by atoms with Gasteiger partial charge in [0.2, 0.25) is 11.8 Å². The van der Waals surface area contributed by atoms with Gasteiger partial charge < -0.3 is 14.5 Å². The van der Waals surface area contributed by atoms with Gasteiger partial charge >= 0.3 is 0 Å². The van der Waals surface area contributed by atoms with Gasteiger partial charge in [0.15, 0.2) is 0 Å². The molecule has 2 aromatic carbocycles. The molecule has 0 radical (unpaired) electrons. The van der Waals surface area contributed by atoms with Crippen LogP contribution in [0, 0.1) is 6.92 Å². The summed E-state index contributed by atoms with van der Waals surface area (Å²) >= 11 is 1.22. The third kappa shape index (κ3) is 5.10. The maximum absolute atomic E-state index is 12.0. The van der Waals surface area contributed by atoms with Crippen molar-refractivity contribution in [3.63, 3.8) is 0 Å². The Labute approximate surface area is 156 Å². The summed E-state index contributed by atoms with van der Waals surface area (Å²) in [7, 11) is 1.63. The van der Waals surface area contributed by atoms with Crippen molar-refractivity contribution >= 4 is 23.4 Å². The maximum Gasteiger partial charge on any atom is 0.277 e. The van der Waals surface area contributed by atoms with Crippen LogP contribution in [0.3, 0.4) is 0 Å². The molecule has 7 heteroatoms. The van der Waals surface area contributed by atoms with Crippen LogP contribution in [-0.2, 0) is 11.2 Å². The van der Waals surface area contributed by atoms with E-state index in [4.69, 9.17) is 9.15 Å². The number of aryl methyl sites for hydroxylation is 1. The number of nitrogens with zero attached hydrogens (tertiary/aromatic N) is 2. The second-order valence-electron chi connectivity index (χ2n) is 5.69. The molecular weight excluding hydrogens is 350 g/mol. The van der Waals surface area contributed by atoms with Crippen molar-refractivity contribution in [2.24, 2.45) is 0 Å². The first-order valence-electron chi connectivity index (χ1n) is 8.07. The zero-order valence-electron chi connectivity index (χ0n) is 14.6. The minimum Gasteiger partial charge on any atom is -0.497 e. The molecule has 0 atom stereocenters. The van der Waals surface area contributed by atoms with E-state index in [-0.39, 0.29) is 11.7 Å². The van der Waals surface area contributed by atoms with Crippen LogP contribution in [0.4, 0.5) is 5.69 Å². The number of ether oxygens (including phenoxy) is 1. The van der Waals surface area contributed by atoms with Gasteiger partial charge in [-0.3, -0.25) is 4.79 Å². The van der Waals surface area contributed by atoms with E-state index in [2.05, 4.69) is 15.5 Å². The van der Waals surface area contributed by atoms with Crippen LogP contribution in [0.2, 0.25) is 0 Å². The van der Waals surface area contributed by atoms with Crippen LogP contribution in [0.1, 0.15) is 17.0 Å². The smallest absolute Gasteiger partial charge is 0.277 e. The van der Waals surface area contributed by atoms with Gasteiger partial charge in [-0.05, 0) is 36.8 Å². The maximum atomic E-state index is 12.0. The van der Waals surface area contributed by atoms with Gasteiger partial charge in [0.1, 0.15) is 5.75 Å². The number of rotatable bonds is 7. The van der Waals surface area contributed by atoms with E-state index in [1.165, 1.54) is 11.8 Å². The predicted molar refractivity (Wildman–Crippen MR) is 101 cm³/mol. The SMILES string of the molecule is COc1ccc(Cc2nnc(SCC(=O)Nc3ccc(C)cc3)o2)cc1. The Kier molecular flexibility index (Phi) is 5.91. The molecule has 1 aromatic heterocycles. The number of nitrogens with one attached hydrogen (secondary N) is 1. The normalized spacial score (nSPS) is 10.5. The van der Waals surface area contributed by atoms with Gasteiger partial charge in [0.05, 0.1) is 19.3 Å². The Morgan fingerprint density at radius 3 is 2.54 bits per heavy atom. The van der Waals surface area contributed by atoms with E-state index in [0.29, 0.717) is 17.5 Å². The Balaban J connectivity index is 1.49. The van der Waals surface area contributed by atoms with Crippen molar-refractivity contribution in [1.29, 1.82) is 0 Å². The second-order valence-corrected chi connectivity index (χ2v) is 6.62. The molecule has 1 heterocycles. The molecule has 0 aliphatic heterocycles. The molecule has 0 aliphatic rings. The summed E-state index contributed by atoms with van der Waals surface area (Å²) in [6, 6.07) is 15.3. The van der Waals surface area contributed by atoms with Crippen molar-refractivity contribution in [2.75, 3.05) is 18.2 Å². The number of hydrogen-bond acceptors (Lipinski definition) is 6. The van der Waals surface area contributed by atoms with E-state index in [0.717, 1.165) is 22.6 Å². The number of anilines is 1. The number of hydrogen-bond donors (Lipinski definition) is 1. The zero-order chi connectivity index (χ0) is 18.4. The molecule has 0 aliphatic carbocycles. The number of aromatic nitrogens is 2. The minimum atomic E-state index is -0.117. The van der Waals surface area contributed by atoms with Crippen LogP contribution in [0.5, 0.6) is 5.75 Å². The summed E-state index contributed by atoms with van der Waals surface area (Å²) in [5, 5.41) is 11.2. The standard InChI is InChI=1S/C19H19N3O3S/c1-13-3-7-15(8-4-13)20-17(23)12-26-19-22-21-18(25-19)11-14-5-9-16(24-2)10-6-14/h3-10H,11-12H2,1-2H3,(H,20,23). The third-order valence-electron chi connectivity index (χ3n) is 3.62. The lowest BCUT2D eigenvalue weighted by molar-refractivity contribution is -0.113. The van der Waals surface area contributed by atoms with Gasteiger partial charge in [-0.1, -0.05) is 41.6 Å². The van der Waals surface area contributed by atoms with Gasteiger partial charge in [-0.25, -0.2) is 0 Å². The van der Waals surface area contributed by atoms with E-state index < -0.39 is 0 Å². The fourth-order valence-corrected chi connectivity index (χ4v) is 2.83.